The van der Waals surface area contributed by atoms with Crippen LogP contribution in [0.4, 0.5) is 10.5 Å². The van der Waals surface area contributed by atoms with Crippen LogP contribution in [0.2, 0.25) is 0 Å². The Bertz CT molecular complexity index is 1010. The highest BCUT2D eigenvalue weighted by Crippen LogP contribution is 2.30. The van der Waals surface area contributed by atoms with Crippen LogP contribution in [-0.4, -0.2) is 71.7 Å². The van der Waals surface area contributed by atoms with Crippen molar-refractivity contribution in [3.63, 3.8) is 0 Å². The molecule has 150 valence electrons. The molecule has 2 aliphatic heterocycles. The van der Waals surface area contributed by atoms with Crippen LogP contribution in [-0.2, 0) is 0 Å². The summed E-state index contributed by atoms with van der Waals surface area (Å²) >= 11 is 0. The van der Waals surface area contributed by atoms with Gasteiger partial charge < -0.3 is 9.80 Å². The van der Waals surface area contributed by atoms with Crippen molar-refractivity contribution < 1.29 is 4.79 Å². The summed E-state index contributed by atoms with van der Waals surface area (Å²) in [6, 6.07) is 18.6. The number of amides is 1. The van der Waals surface area contributed by atoms with Gasteiger partial charge in [0.2, 0.25) is 0 Å². The third-order valence-electron chi connectivity index (χ3n) is 6.25. The highest BCUT2D eigenvalue weighted by atomic mass is 16.2. The number of carbonyl (C=O) groups excluding carboxylic acids is 1. The van der Waals surface area contributed by atoms with Gasteiger partial charge in [-0.05, 0) is 37.2 Å². The topological polar surface area (TPSA) is 44.6 Å². The summed E-state index contributed by atoms with van der Waals surface area (Å²) in [4.78, 5) is 24.4. The van der Waals surface area contributed by atoms with Crippen LogP contribution in [0.3, 0.4) is 0 Å². The molecule has 1 atom stereocenters. The molecule has 6 nitrogen and oxygen atoms in total. The predicted octanol–water partition coefficient (Wildman–Crippen LogP) is 3.25. The molecule has 0 spiro atoms. The number of likely N-dealkylation sites (N-methyl/N-ethyl adjacent to an activating group) is 1. The highest BCUT2D eigenvalue weighted by molar-refractivity contribution is 5.91. The van der Waals surface area contributed by atoms with Gasteiger partial charge in [0.05, 0.1) is 11.0 Å². The Morgan fingerprint density at radius 3 is 2.48 bits per heavy atom. The van der Waals surface area contributed by atoms with E-state index >= 15 is 0 Å². The van der Waals surface area contributed by atoms with Crippen LogP contribution in [0, 0.1) is 0 Å². The molecule has 6 heteroatoms. The smallest absolute Gasteiger partial charge is 0.329 e. The summed E-state index contributed by atoms with van der Waals surface area (Å²) in [5, 5.41) is 0. The number of anilines is 1. The molecule has 3 heterocycles. The van der Waals surface area contributed by atoms with Crippen LogP contribution in [0.25, 0.3) is 11.0 Å². The zero-order valence-electron chi connectivity index (χ0n) is 16.9. The van der Waals surface area contributed by atoms with Gasteiger partial charge in [-0.15, -0.1) is 0 Å². The van der Waals surface area contributed by atoms with E-state index in [1.807, 2.05) is 40.8 Å². The largest absolute Gasteiger partial charge is 0.369 e. The van der Waals surface area contributed by atoms with Crippen molar-refractivity contribution in [1.29, 1.82) is 0 Å². The number of hydrogen-bond donors (Lipinski definition) is 0. The number of rotatable bonds is 4. The monoisotopic (exact) mass is 389 g/mol. The number of hydrogen-bond acceptors (Lipinski definition) is 4. The molecular formula is C23H27N5O. The van der Waals surface area contributed by atoms with Crippen molar-refractivity contribution in [3.8, 4) is 0 Å². The molecule has 1 amide bonds. The summed E-state index contributed by atoms with van der Waals surface area (Å²) in [5.74, 6) is 1.20. The lowest BCUT2D eigenvalue weighted by atomic mass is 10.0. The van der Waals surface area contributed by atoms with Gasteiger partial charge in [0, 0.05) is 51.4 Å². The molecule has 0 radical (unpaired) electrons. The second-order valence-electron chi connectivity index (χ2n) is 8.11. The van der Waals surface area contributed by atoms with E-state index in [9.17, 15) is 4.79 Å². The van der Waals surface area contributed by atoms with E-state index in [1.54, 1.807) is 0 Å². The first kappa shape index (κ1) is 18.2. The zero-order chi connectivity index (χ0) is 19.8. The molecule has 29 heavy (non-hydrogen) atoms. The molecule has 2 aliphatic rings. The summed E-state index contributed by atoms with van der Waals surface area (Å²) in [6.45, 7) is 6.06. The SMILES string of the molecule is CN1CC(CCN2CCN(c3ccccc3)CC2)c2nc3ccccc3n2C1=O. The van der Waals surface area contributed by atoms with Crippen molar-refractivity contribution >= 4 is 22.8 Å². The van der Waals surface area contributed by atoms with Crippen molar-refractivity contribution in [2.45, 2.75) is 12.3 Å². The fourth-order valence-electron chi connectivity index (χ4n) is 4.61. The van der Waals surface area contributed by atoms with E-state index in [1.165, 1.54) is 5.69 Å². The Hall–Kier alpha value is -2.86. The molecule has 1 saturated heterocycles. The lowest BCUT2D eigenvalue weighted by Gasteiger charge is -2.37. The van der Waals surface area contributed by atoms with Gasteiger partial charge in [0.15, 0.2) is 0 Å². The normalized spacial score (nSPS) is 20.3. The van der Waals surface area contributed by atoms with Crippen molar-refractivity contribution in [3.05, 3.63) is 60.4 Å². The number of fused-ring (bicyclic) bond motifs is 3. The molecule has 0 N–H and O–H groups in total. The van der Waals surface area contributed by atoms with Crippen LogP contribution in [0.5, 0.6) is 0 Å². The van der Waals surface area contributed by atoms with E-state index in [-0.39, 0.29) is 11.9 Å². The molecule has 1 aromatic heterocycles. The number of imidazole rings is 1. The van der Waals surface area contributed by atoms with Gasteiger partial charge in [-0.2, -0.15) is 0 Å². The number of piperazine rings is 1. The Kier molecular flexibility index (Phi) is 4.72. The second-order valence-corrected chi connectivity index (χ2v) is 8.11. The highest BCUT2D eigenvalue weighted by Gasteiger charge is 2.32. The van der Waals surface area contributed by atoms with Gasteiger partial charge >= 0.3 is 6.03 Å². The summed E-state index contributed by atoms with van der Waals surface area (Å²) in [5.41, 5.74) is 3.14. The Morgan fingerprint density at radius 1 is 0.966 bits per heavy atom. The molecule has 0 saturated carbocycles. The van der Waals surface area contributed by atoms with E-state index < -0.39 is 0 Å². The fourth-order valence-corrected chi connectivity index (χ4v) is 4.61. The fraction of sp³-hybridized carbons (Fsp3) is 0.391. The van der Waals surface area contributed by atoms with Gasteiger partial charge in [0.1, 0.15) is 5.82 Å². The van der Waals surface area contributed by atoms with Gasteiger partial charge in [-0.25, -0.2) is 14.3 Å². The molecule has 1 fully saturated rings. The van der Waals surface area contributed by atoms with E-state index in [0.717, 1.165) is 62.5 Å². The van der Waals surface area contributed by atoms with Crippen LogP contribution in [0.15, 0.2) is 54.6 Å². The average molecular weight is 390 g/mol. The van der Waals surface area contributed by atoms with Crippen LogP contribution in [0.1, 0.15) is 18.2 Å². The molecule has 0 aliphatic carbocycles. The number of nitrogens with zero attached hydrogens (tertiary/aromatic N) is 5. The summed E-state index contributed by atoms with van der Waals surface area (Å²) in [6.07, 6.45) is 1.02. The molecule has 2 aromatic carbocycles. The quantitative estimate of drug-likeness (QED) is 0.687. The summed E-state index contributed by atoms with van der Waals surface area (Å²) < 4.78 is 1.82. The van der Waals surface area contributed by atoms with E-state index in [0.29, 0.717) is 0 Å². The second kappa shape index (κ2) is 7.52. The minimum atomic E-state index is 0.0291. The number of aromatic nitrogens is 2. The zero-order valence-corrected chi connectivity index (χ0v) is 16.9. The first-order valence-corrected chi connectivity index (χ1v) is 10.5. The third-order valence-corrected chi connectivity index (χ3v) is 6.25. The minimum absolute atomic E-state index is 0.0291. The Labute approximate surface area is 171 Å². The Morgan fingerprint density at radius 2 is 1.69 bits per heavy atom. The van der Waals surface area contributed by atoms with E-state index in [2.05, 4.69) is 40.1 Å². The van der Waals surface area contributed by atoms with Crippen molar-refractivity contribution in [2.24, 2.45) is 0 Å². The van der Waals surface area contributed by atoms with Gasteiger partial charge in [0.25, 0.3) is 0 Å². The maximum Gasteiger partial charge on any atom is 0.329 e. The maximum atomic E-state index is 12.7. The van der Waals surface area contributed by atoms with E-state index in [4.69, 9.17) is 4.98 Å². The van der Waals surface area contributed by atoms with Gasteiger partial charge in [-0.3, -0.25) is 4.90 Å². The lowest BCUT2D eigenvalue weighted by Crippen LogP contribution is -2.47. The third kappa shape index (κ3) is 3.38. The van der Waals surface area contributed by atoms with Crippen molar-refractivity contribution in [1.82, 2.24) is 19.4 Å². The lowest BCUT2D eigenvalue weighted by molar-refractivity contribution is 0.190. The number of benzene rings is 2. The van der Waals surface area contributed by atoms with Crippen LogP contribution >= 0.6 is 0 Å². The summed E-state index contributed by atoms with van der Waals surface area (Å²) in [7, 11) is 1.89. The Balaban J connectivity index is 1.26. The molecule has 3 aromatic rings. The number of para-hydroxylation sites is 3. The predicted molar refractivity (Wildman–Crippen MR) is 116 cm³/mol. The number of carbonyl (C=O) groups is 1. The molecule has 1 unspecified atom stereocenters. The minimum Gasteiger partial charge on any atom is -0.369 e. The molecular weight excluding hydrogens is 362 g/mol. The first-order chi connectivity index (χ1) is 14.2. The average Bonchev–Trinajstić information content (AvgIpc) is 3.16. The van der Waals surface area contributed by atoms with Crippen molar-refractivity contribution in [2.75, 3.05) is 51.2 Å². The van der Waals surface area contributed by atoms with Gasteiger partial charge in [-0.1, -0.05) is 30.3 Å². The standard InChI is InChI=1S/C23H27N5O/c1-25-17-18(22-24-20-9-5-6-10-21(20)28(22)23(25)29)11-12-26-13-15-27(16-14-26)19-7-3-2-4-8-19/h2-10,18H,11-17H2,1H3. The molecule has 5 rings (SSSR count). The first-order valence-electron chi connectivity index (χ1n) is 10.5. The maximum absolute atomic E-state index is 12.7. The molecule has 0 bridgehead atoms. The van der Waals surface area contributed by atoms with Crippen LogP contribution < -0.4 is 4.90 Å².